The fourth-order valence-electron chi connectivity index (χ4n) is 1.40. The maximum Gasteiger partial charge on any atom is 0.155 e. The molecule has 0 aliphatic rings. The van der Waals surface area contributed by atoms with Crippen molar-refractivity contribution in [2.75, 3.05) is 12.3 Å². The SMILES string of the molecule is Nc1ccc2c(Cl)nc(CCO)n2c1. The van der Waals surface area contributed by atoms with E-state index in [1.165, 1.54) is 0 Å². The summed E-state index contributed by atoms with van der Waals surface area (Å²) in [4.78, 5) is 4.13. The smallest absolute Gasteiger partial charge is 0.155 e. The zero-order valence-corrected chi connectivity index (χ0v) is 8.20. The lowest BCUT2D eigenvalue weighted by molar-refractivity contribution is 0.296. The molecule has 2 heterocycles. The molecule has 0 unspecified atom stereocenters. The van der Waals surface area contributed by atoms with Gasteiger partial charge in [0, 0.05) is 18.3 Å². The highest BCUT2D eigenvalue weighted by Crippen LogP contribution is 2.19. The number of hydrogen-bond donors (Lipinski definition) is 2. The molecule has 0 atom stereocenters. The van der Waals surface area contributed by atoms with Crippen molar-refractivity contribution in [3.05, 3.63) is 29.3 Å². The number of pyridine rings is 1. The Morgan fingerprint density at radius 3 is 3.00 bits per heavy atom. The molecule has 0 aliphatic carbocycles. The van der Waals surface area contributed by atoms with Crippen LogP contribution in [0.25, 0.3) is 5.52 Å². The number of halogens is 1. The van der Waals surface area contributed by atoms with E-state index in [0.29, 0.717) is 17.3 Å². The minimum Gasteiger partial charge on any atom is -0.398 e. The average Bonchev–Trinajstić information content (AvgIpc) is 2.44. The first-order chi connectivity index (χ1) is 6.72. The number of nitrogens with zero attached hydrogens (tertiary/aromatic N) is 2. The number of nitrogens with two attached hydrogens (primary N) is 1. The summed E-state index contributed by atoms with van der Waals surface area (Å²) < 4.78 is 1.80. The van der Waals surface area contributed by atoms with Crippen molar-refractivity contribution in [1.82, 2.24) is 9.38 Å². The molecule has 0 saturated heterocycles. The molecule has 0 aliphatic heterocycles. The predicted molar refractivity (Wildman–Crippen MR) is 55.4 cm³/mol. The Labute approximate surface area is 85.9 Å². The second kappa shape index (κ2) is 3.48. The Balaban J connectivity index is 2.66. The minimum absolute atomic E-state index is 0.0459. The molecule has 0 fully saturated rings. The van der Waals surface area contributed by atoms with Crippen molar-refractivity contribution in [1.29, 1.82) is 0 Å². The van der Waals surface area contributed by atoms with Crippen LogP contribution in [-0.2, 0) is 6.42 Å². The molecule has 0 amide bonds. The van der Waals surface area contributed by atoms with E-state index in [-0.39, 0.29) is 6.61 Å². The standard InChI is InChI=1S/C9H10ClN3O/c10-9-7-2-1-6(11)5-13(7)8(12-9)3-4-14/h1-2,5,14H,3-4,11H2. The summed E-state index contributed by atoms with van der Waals surface area (Å²) in [5.41, 5.74) is 7.10. The van der Waals surface area contributed by atoms with Crippen molar-refractivity contribution < 1.29 is 5.11 Å². The van der Waals surface area contributed by atoms with Crippen LogP contribution < -0.4 is 5.73 Å². The van der Waals surface area contributed by atoms with Crippen molar-refractivity contribution in [3.8, 4) is 0 Å². The number of nitrogen functional groups attached to an aromatic ring is 1. The molecule has 5 heteroatoms. The number of hydrogen-bond acceptors (Lipinski definition) is 3. The number of aliphatic hydroxyl groups is 1. The van der Waals surface area contributed by atoms with E-state index in [9.17, 15) is 0 Å². The molecule has 14 heavy (non-hydrogen) atoms. The van der Waals surface area contributed by atoms with Gasteiger partial charge in [-0.05, 0) is 12.1 Å². The highest BCUT2D eigenvalue weighted by Gasteiger charge is 2.08. The van der Waals surface area contributed by atoms with Crippen LogP contribution in [0, 0.1) is 0 Å². The first-order valence-corrected chi connectivity index (χ1v) is 4.63. The number of anilines is 1. The summed E-state index contributed by atoms with van der Waals surface area (Å²) in [6, 6.07) is 3.58. The Morgan fingerprint density at radius 2 is 2.29 bits per heavy atom. The Bertz CT molecular complexity index is 466. The molecule has 2 aromatic rings. The van der Waals surface area contributed by atoms with Crippen LogP contribution in [-0.4, -0.2) is 21.1 Å². The van der Waals surface area contributed by atoms with Crippen LogP contribution in [0.4, 0.5) is 5.69 Å². The Hall–Kier alpha value is -1.26. The first-order valence-electron chi connectivity index (χ1n) is 4.25. The van der Waals surface area contributed by atoms with Gasteiger partial charge >= 0.3 is 0 Å². The van der Waals surface area contributed by atoms with Gasteiger partial charge in [0.25, 0.3) is 0 Å². The average molecular weight is 212 g/mol. The molecule has 74 valence electrons. The fraction of sp³-hybridized carbons (Fsp3) is 0.222. The summed E-state index contributed by atoms with van der Waals surface area (Å²) in [5, 5.41) is 9.27. The number of imidazole rings is 1. The van der Waals surface area contributed by atoms with Crippen LogP contribution in [0.3, 0.4) is 0 Å². The lowest BCUT2D eigenvalue weighted by Gasteiger charge is -1.99. The van der Waals surface area contributed by atoms with Gasteiger partial charge in [0.1, 0.15) is 5.82 Å². The maximum absolute atomic E-state index is 8.83. The molecular formula is C9H10ClN3O. The van der Waals surface area contributed by atoms with Gasteiger partial charge in [-0.25, -0.2) is 4.98 Å². The molecule has 0 saturated carbocycles. The Morgan fingerprint density at radius 1 is 1.50 bits per heavy atom. The molecular weight excluding hydrogens is 202 g/mol. The monoisotopic (exact) mass is 211 g/mol. The van der Waals surface area contributed by atoms with Crippen molar-refractivity contribution >= 4 is 22.8 Å². The Kier molecular flexibility index (Phi) is 2.31. The highest BCUT2D eigenvalue weighted by molar-refractivity contribution is 6.32. The zero-order chi connectivity index (χ0) is 10.1. The molecule has 2 aromatic heterocycles. The number of fused-ring (bicyclic) bond motifs is 1. The van der Waals surface area contributed by atoms with Gasteiger partial charge in [0.2, 0.25) is 0 Å². The molecule has 2 rings (SSSR count). The van der Waals surface area contributed by atoms with Crippen molar-refractivity contribution in [3.63, 3.8) is 0 Å². The molecule has 0 spiro atoms. The van der Waals surface area contributed by atoms with Gasteiger partial charge in [-0.2, -0.15) is 0 Å². The van der Waals surface area contributed by atoms with Crippen molar-refractivity contribution in [2.24, 2.45) is 0 Å². The number of aliphatic hydroxyl groups excluding tert-OH is 1. The van der Waals surface area contributed by atoms with Crippen molar-refractivity contribution in [2.45, 2.75) is 6.42 Å². The van der Waals surface area contributed by atoms with Crippen LogP contribution in [0.15, 0.2) is 18.3 Å². The minimum atomic E-state index is 0.0459. The van der Waals surface area contributed by atoms with Crippen LogP contribution in [0.1, 0.15) is 5.82 Å². The third-order valence-electron chi connectivity index (χ3n) is 2.02. The normalized spacial score (nSPS) is 11.0. The molecule has 0 radical (unpaired) electrons. The van der Waals surface area contributed by atoms with Gasteiger partial charge in [-0.15, -0.1) is 0 Å². The van der Waals surface area contributed by atoms with E-state index in [1.807, 2.05) is 6.07 Å². The van der Waals surface area contributed by atoms with Crippen LogP contribution in [0.5, 0.6) is 0 Å². The number of aromatic nitrogens is 2. The third kappa shape index (κ3) is 1.42. The van der Waals surface area contributed by atoms with Gasteiger partial charge in [-0.3, -0.25) is 0 Å². The first kappa shape index (κ1) is 9.30. The number of rotatable bonds is 2. The second-order valence-corrected chi connectivity index (χ2v) is 3.37. The highest BCUT2D eigenvalue weighted by atomic mass is 35.5. The van der Waals surface area contributed by atoms with Crippen LogP contribution >= 0.6 is 11.6 Å². The molecule has 3 N–H and O–H groups in total. The van der Waals surface area contributed by atoms with E-state index in [1.54, 1.807) is 16.7 Å². The maximum atomic E-state index is 8.83. The summed E-state index contributed by atoms with van der Waals surface area (Å²) >= 11 is 5.91. The topological polar surface area (TPSA) is 63.5 Å². The second-order valence-electron chi connectivity index (χ2n) is 3.01. The third-order valence-corrected chi connectivity index (χ3v) is 2.30. The molecule has 4 nitrogen and oxygen atoms in total. The van der Waals surface area contributed by atoms with Gasteiger partial charge in [0.05, 0.1) is 12.1 Å². The largest absolute Gasteiger partial charge is 0.398 e. The van der Waals surface area contributed by atoms with E-state index < -0.39 is 0 Å². The lowest BCUT2D eigenvalue weighted by Crippen LogP contribution is -1.99. The van der Waals surface area contributed by atoms with E-state index in [0.717, 1.165) is 11.3 Å². The lowest BCUT2D eigenvalue weighted by atomic mass is 10.3. The predicted octanol–water partition coefficient (Wildman–Crippen LogP) is 1.10. The fourth-order valence-corrected chi connectivity index (χ4v) is 1.65. The van der Waals surface area contributed by atoms with Gasteiger partial charge < -0.3 is 15.2 Å². The van der Waals surface area contributed by atoms with Gasteiger partial charge in [0.15, 0.2) is 5.15 Å². The summed E-state index contributed by atoms with van der Waals surface area (Å²) in [6.45, 7) is 0.0459. The van der Waals surface area contributed by atoms with E-state index in [2.05, 4.69) is 4.98 Å². The quantitative estimate of drug-likeness (QED) is 0.782. The molecule has 0 aromatic carbocycles. The van der Waals surface area contributed by atoms with E-state index in [4.69, 9.17) is 22.4 Å². The summed E-state index contributed by atoms with van der Waals surface area (Å²) in [5.74, 6) is 0.722. The van der Waals surface area contributed by atoms with Crippen LogP contribution in [0.2, 0.25) is 5.15 Å². The van der Waals surface area contributed by atoms with Gasteiger partial charge in [-0.1, -0.05) is 11.6 Å². The van der Waals surface area contributed by atoms with E-state index >= 15 is 0 Å². The molecule has 0 bridgehead atoms. The zero-order valence-electron chi connectivity index (χ0n) is 7.44. The summed E-state index contributed by atoms with van der Waals surface area (Å²) in [7, 11) is 0. The summed E-state index contributed by atoms with van der Waals surface area (Å²) in [6.07, 6.45) is 2.22.